The number of hydrogen-bond acceptors (Lipinski definition) is 4. The Bertz CT molecular complexity index is 577. The fraction of sp³-hybridized carbons (Fsp3) is 0.364. The summed E-state index contributed by atoms with van der Waals surface area (Å²) >= 11 is 5.85. The van der Waals surface area contributed by atoms with Gasteiger partial charge in [0.25, 0.3) is 0 Å². The Hall–Kier alpha value is -1.25. The van der Waals surface area contributed by atoms with Crippen LogP contribution in [0.1, 0.15) is 12.0 Å². The molecule has 1 fully saturated rings. The van der Waals surface area contributed by atoms with Gasteiger partial charge in [-0.1, -0.05) is 11.6 Å². The Morgan fingerprint density at radius 2 is 2.24 bits per heavy atom. The highest BCUT2D eigenvalue weighted by Crippen LogP contribution is 2.25. The SMILES string of the molecule is N#Cc1ccc(OC2CCS(=O)(=O)C2)cc1Cl. The van der Waals surface area contributed by atoms with E-state index in [9.17, 15) is 8.42 Å². The van der Waals surface area contributed by atoms with Crippen LogP contribution in [-0.2, 0) is 9.84 Å². The first-order valence-corrected chi connectivity index (χ1v) is 7.27. The molecule has 0 aromatic heterocycles. The molecule has 0 spiro atoms. The molecule has 0 amide bonds. The molecule has 1 unspecified atom stereocenters. The van der Waals surface area contributed by atoms with Gasteiger partial charge in [0, 0.05) is 6.07 Å². The van der Waals surface area contributed by atoms with Gasteiger partial charge in [-0.2, -0.15) is 5.26 Å². The summed E-state index contributed by atoms with van der Waals surface area (Å²) in [5.74, 6) is 0.711. The summed E-state index contributed by atoms with van der Waals surface area (Å²) in [5, 5.41) is 9.02. The first kappa shape index (κ1) is 12.2. The van der Waals surface area contributed by atoms with E-state index in [1.54, 1.807) is 12.1 Å². The maximum absolute atomic E-state index is 11.2. The van der Waals surface area contributed by atoms with Gasteiger partial charge in [0.05, 0.1) is 22.1 Å². The second-order valence-electron chi connectivity index (χ2n) is 3.90. The lowest BCUT2D eigenvalue weighted by Gasteiger charge is -2.12. The van der Waals surface area contributed by atoms with Crippen LogP contribution in [0.15, 0.2) is 18.2 Å². The monoisotopic (exact) mass is 271 g/mol. The molecule has 17 heavy (non-hydrogen) atoms. The normalized spacial score (nSPS) is 22.0. The van der Waals surface area contributed by atoms with Crippen molar-refractivity contribution < 1.29 is 13.2 Å². The number of nitriles is 1. The van der Waals surface area contributed by atoms with Crippen molar-refractivity contribution >= 4 is 21.4 Å². The molecule has 2 rings (SSSR count). The van der Waals surface area contributed by atoms with Gasteiger partial charge >= 0.3 is 0 Å². The summed E-state index contributed by atoms with van der Waals surface area (Å²) < 4.78 is 28.0. The lowest BCUT2D eigenvalue weighted by molar-refractivity contribution is 0.229. The molecule has 0 radical (unpaired) electrons. The van der Waals surface area contributed by atoms with E-state index in [-0.39, 0.29) is 17.6 Å². The highest BCUT2D eigenvalue weighted by molar-refractivity contribution is 7.91. The number of ether oxygens (including phenoxy) is 1. The molecule has 1 aromatic carbocycles. The van der Waals surface area contributed by atoms with E-state index in [0.29, 0.717) is 22.8 Å². The third kappa shape index (κ3) is 2.90. The van der Waals surface area contributed by atoms with Crippen LogP contribution in [0.4, 0.5) is 0 Å². The fourth-order valence-electron chi connectivity index (χ4n) is 1.71. The average molecular weight is 272 g/mol. The topological polar surface area (TPSA) is 67.2 Å². The van der Waals surface area contributed by atoms with Crippen molar-refractivity contribution in [3.63, 3.8) is 0 Å². The van der Waals surface area contributed by atoms with Crippen LogP contribution in [0.2, 0.25) is 5.02 Å². The third-order valence-electron chi connectivity index (χ3n) is 2.55. The summed E-state index contributed by atoms with van der Waals surface area (Å²) in [6, 6.07) is 6.66. The molecule has 0 N–H and O–H groups in total. The minimum absolute atomic E-state index is 0.0463. The number of benzene rings is 1. The molecular formula is C11H10ClNO3S. The van der Waals surface area contributed by atoms with Crippen LogP contribution >= 0.6 is 11.6 Å². The highest BCUT2D eigenvalue weighted by Gasteiger charge is 2.29. The van der Waals surface area contributed by atoms with E-state index in [4.69, 9.17) is 21.6 Å². The smallest absolute Gasteiger partial charge is 0.154 e. The Labute approximate surface area is 105 Å². The predicted octanol–water partition coefficient (Wildman–Crippen LogP) is 1.78. The quantitative estimate of drug-likeness (QED) is 0.822. The number of halogens is 1. The molecule has 4 nitrogen and oxygen atoms in total. The summed E-state index contributed by atoms with van der Waals surface area (Å²) in [6.07, 6.45) is 0.184. The van der Waals surface area contributed by atoms with Crippen molar-refractivity contribution in [3.05, 3.63) is 28.8 Å². The zero-order valence-corrected chi connectivity index (χ0v) is 10.5. The Morgan fingerprint density at radius 1 is 1.47 bits per heavy atom. The molecular weight excluding hydrogens is 262 g/mol. The van der Waals surface area contributed by atoms with Crippen LogP contribution in [0.25, 0.3) is 0 Å². The first-order valence-electron chi connectivity index (χ1n) is 5.07. The van der Waals surface area contributed by atoms with Gasteiger partial charge < -0.3 is 4.74 Å². The number of nitrogens with zero attached hydrogens (tertiary/aromatic N) is 1. The Morgan fingerprint density at radius 3 is 2.76 bits per heavy atom. The minimum atomic E-state index is -2.95. The van der Waals surface area contributed by atoms with E-state index in [2.05, 4.69) is 0 Å². The lowest BCUT2D eigenvalue weighted by Crippen LogP contribution is -2.17. The van der Waals surface area contributed by atoms with Gasteiger partial charge in [-0.25, -0.2) is 8.42 Å². The maximum Gasteiger partial charge on any atom is 0.154 e. The van der Waals surface area contributed by atoms with E-state index in [1.807, 2.05) is 6.07 Å². The maximum atomic E-state index is 11.2. The molecule has 90 valence electrons. The summed E-state index contributed by atoms with van der Waals surface area (Å²) in [5.41, 5.74) is 0.373. The number of rotatable bonds is 2. The molecule has 1 aromatic rings. The van der Waals surface area contributed by atoms with Crippen LogP contribution in [0.5, 0.6) is 5.75 Å². The predicted molar refractivity (Wildman–Crippen MR) is 63.9 cm³/mol. The second-order valence-corrected chi connectivity index (χ2v) is 6.53. The lowest BCUT2D eigenvalue weighted by atomic mass is 10.2. The minimum Gasteiger partial charge on any atom is -0.489 e. The van der Waals surface area contributed by atoms with Gasteiger partial charge in [-0.3, -0.25) is 0 Å². The summed E-state index contributed by atoms with van der Waals surface area (Å²) in [7, 11) is -2.95. The van der Waals surface area contributed by atoms with Crippen molar-refractivity contribution in [2.75, 3.05) is 11.5 Å². The van der Waals surface area contributed by atoms with Gasteiger partial charge in [0.15, 0.2) is 9.84 Å². The van der Waals surface area contributed by atoms with E-state index >= 15 is 0 Å². The molecule has 0 saturated carbocycles. The summed E-state index contributed by atoms with van der Waals surface area (Å²) in [4.78, 5) is 0. The Kier molecular flexibility index (Phi) is 3.27. The van der Waals surface area contributed by atoms with Crippen molar-refractivity contribution in [2.45, 2.75) is 12.5 Å². The third-order valence-corrected chi connectivity index (χ3v) is 4.60. The van der Waals surface area contributed by atoms with Gasteiger partial charge in [-0.15, -0.1) is 0 Å². The molecule has 1 heterocycles. The Balaban J connectivity index is 2.11. The van der Waals surface area contributed by atoms with Gasteiger partial charge in [0.2, 0.25) is 0 Å². The van der Waals surface area contributed by atoms with E-state index < -0.39 is 9.84 Å². The van der Waals surface area contributed by atoms with Crippen LogP contribution in [-0.4, -0.2) is 26.0 Å². The van der Waals surface area contributed by atoms with Crippen molar-refractivity contribution in [1.82, 2.24) is 0 Å². The summed E-state index contributed by atoms with van der Waals surface area (Å²) in [6.45, 7) is 0. The van der Waals surface area contributed by atoms with Crippen LogP contribution in [0, 0.1) is 11.3 Å². The van der Waals surface area contributed by atoms with Crippen LogP contribution in [0.3, 0.4) is 0 Å². The molecule has 0 aliphatic carbocycles. The molecule has 1 atom stereocenters. The van der Waals surface area contributed by atoms with Crippen LogP contribution < -0.4 is 4.74 Å². The zero-order valence-electron chi connectivity index (χ0n) is 8.89. The molecule has 1 saturated heterocycles. The molecule has 1 aliphatic heterocycles. The van der Waals surface area contributed by atoms with Gasteiger partial charge in [-0.05, 0) is 18.6 Å². The molecule has 6 heteroatoms. The average Bonchev–Trinajstić information content (AvgIpc) is 2.58. The standard InChI is InChI=1S/C11H10ClNO3S/c12-11-5-9(2-1-8(11)6-13)16-10-3-4-17(14,15)7-10/h1-2,5,10H,3-4,7H2. The highest BCUT2D eigenvalue weighted by atomic mass is 35.5. The largest absolute Gasteiger partial charge is 0.489 e. The molecule has 1 aliphatic rings. The van der Waals surface area contributed by atoms with Crippen molar-refractivity contribution in [2.24, 2.45) is 0 Å². The zero-order chi connectivity index (χ0) is 12.5. The first-order chi connectivity index (χ1) is 8.00. The van der Waals surface area contributed by atoms with E-state index in [0.717, 1.165) is 0 Å². The molecule has 0 bridgehead atoms. The fourth-order valence-corrected chi connectivity index (χ4v) is 3.51. The van der Waals surface area contributed by atoms with Crippen molar-refractivity contribution in [1.29, 1.82) is 5.26 Å². The van der Waals surface area contributed by atoms with Gasteiger partial charge in [0.1, 0.15) is 17.9 Å². The number of hydrogen-bond donors (Lipinski definition) is 0. The van der Waals surface area contributed by atoms with Crippen molar-refractivity contribution in [3.8, 4) is 11.8 Å². The second kappa shape index (κ2) is 4.55. The van der Waals surface area contributed by atoms with E-state index in [1.165, 1.54) is 6.07 Å². The number of sulfone groups is 1.